The van der Waals surface area contributed by atoms with Gasteiger partial charge >= 0.3 is 0 Å². The number of rotatable bonds is 6. The minimum absolute atomic E-state index is 0.122. The summed E-state index contributed by atoms with van der Waals surface area (Å²) in [7, 11) is 1.56. The molecule has 1 aliphatic heterocycles. The largest absolute Gasteiger partial charge is 0.496 e. The third kappa shape index (κ3) is 4.18. The van der Waals surface area contributed by atoms with Crippen molar-refractivity contribution in [2.75, 3.05) is 12.1 Å². The molecule has 0 aromatic heterocycles. The van der Waals surface area contributed by atoms with E-state index in [0.29, 0.717) is 22.7 Å². The summed E-state index contributed by atoms with van der Waals surface area (Å²) >= 11 is 0. The number of benzene rings is 2. The van der Waals surface area contributed by atoms with Crippen molar-refractivity contribution in [1.29, 1.82) is 0 Å². The van der Waals surface area contributed by atoms with Gasteiger partial charge in [0.2, 0.25) is 0 Å². The maximum atomic E-state index is 13.5. The number of nitrogens with zero attached hydrogens (tertiary/aromatic N) is 2. The molecule has 1 unspecified atom stereocenters. The minimum atomic E-state index is -3.00. The predicted octanol–water partition coefficient (Wildman–Crippen LogP) is 4.27. The molecule has 1 atom stereocenters. The fourth-order valence-electron chi connectivity index (χ4n) is 3.37. The molecular weight excluding hydrogens is 378 g/mol. The van der Waals surface area contributed by atoms with Crippen molar-refractivity contribution in [2.45, 2.75) is 33.1 Å². The lowest BCUT2D eigenvalue weighted by Crippen LogP contribution is -2.33. The summed E-state index contributed by atoms with van der Waals surface area (Å²) in [5.41, 5.74) is 2.02. The number of ketones is 1. The molecule has 1 amide bonds. The molecule has 0 radical (unpaired) electrons. The van der Waals surface area contributed by atoms with Gasteiger partial charge in [-0.05, 0) is 49.2 Å². The van der Waals surface area contributed by atoms with E-state index in [2.05, 4.69) is 5.10 Å². The van der Waals surface area contributed by atoms with Crippen LogP contribution in [0, 0.1) is 12.8 Å². The van der Waals surface area contributed by atoms with Gasteiger partial charge in [0.25, 0.3) is 11.8 Å². The summed E-state index contributed by atoms with van der Waals surface area (Å²) in [5, 5.41) is 5.47. The van der Waals surface area contributed by atoms with Crippen LogP contribution in [0.5, 0.6) is 5.75 Å². The second kappa shape index (κ2) is 7.73. The van der Waals surface area contributed by atoms with Gasteiger partial charge in [-0.15, -0.1) is 0 Å². The maximum absolute atomic E-state index is 13.5. The average Bonchev–Trinajstić information content (AvgIpc) is 2.95. The Morgan fingerprint density at radius 2 is 1.93 bits per heavy atom. The number of carbonyl (C=O) groups excluding carboxylic acids is 2. The van der Waals surface area contributed by atoms with Crippen LogP contribution in [0.25, 0.3) is 0 Å². The second-order valence-electron chi connectivity index (χ2n) is 7.21. The highest BCUT2D eigenvalue weighted by Gasteiger charge is 2.39. The first kappa shape index (κ1) is 20.6. The van der Waals surface area contributed by atoms with E-state index in [1.807, 2.05) is 6.92 Å². The molecule has 0 N–H and O–H groups in total. The lowest BCUT2D eigenvalue weighted by Gasteiger charge is -2.16. The first-order valence-corrected chi connectivity index (χ1v) is 9.15. The number of hydrogen-bond acceptors (Lipinski definition) is 4. The van der Waals surface area contributed by atoms with Crippen LogP contribution in [0.15, 0.2) is 47.6 Å². The van der Waals surface area contributed by atoms with Crippen LogP contribution in [0.1, 0.15) is 30.5 Å². The molecule has 152 valence electrons. The van der Waals surface area contributed by atoms with Crippen molar-refractivity contribution in [3.63, 3.8) is 0 Å². The zero-order valence-electron chi connectivity index (χ0n) is 16.7. The molecule has 3 rings (SSSR count). The highest BCUT2D eigenvalue weighted by Crippen LogP contribution is 2.30. The number of amides is 1. The molecule has 0 aliphatic carbocycles. The molecule has 2 aromatic rings. The molecule has 0 fully saturated rings. The Morgan fingerprint density at radius 1 is 1.21 bits per heavy atom. The summed E-state index contributed by atoms with van der Waals surface area (Å²) in [5.74, 6) is -4.16. The zero-order chi connectivity index (χ0) is 21.3. The van der Waals surface area contributed by atoms with E-state index in [0.717, 1.165) is 12.5 Å². The first-order valence-electron chi connectivity index (χ1n) is 9.15. The van der Waals surface area contributed by atoms with Crippen molar-refractivity contribution in [1.82, 2.24) is 0 Å². The number of halogens is 2. The fourth-order valence-corrected chi connectivity index (χ4v) is 3.37. The second-order valence-corrected chi connectivity index (χ2v) is 7.21. The molecule has 0 saturated heterocycles. The quantitative estimate of drug-likeness (QED) is 0.681. The molecule has 0 spiro atoms. The summed E-state index contributed by atoms with van der Waals surface area (Å²) in [6.45, 7) is 4.27. The predicted molar refractivity (Wildman–Crippen MR) is 107 cm³/mol. The van der Waals surface area contributed by atoms with Crippen LogP contribution in [0.3, 0.4) is 0 Å². The molecule has 29 heavy (non-hydrogen) atoms. The summed E-state index contributed by atoms with van der Waals surface area (Å²) in [4.78, 5) is 25.7. The highest BCUT2D eigenvalue weighted by atomic mass is 19.3. The Hall–Kier alpha value is -3.09. The van der Waals surface area contributed by atoms with E-state index >= 15 is 0 Å². The first-order chi connectivity index (χ1) is 13.6. The number of anilines is 1. The van der Waals surface area contributed by atoms with Crippen molar-refractivity contribution in [3.05, 3.63) is 59.2 Å². The number of alkyl halides is 2. The molecule has 5 nitrogen and oxygen atoms in total. The van der Waals surface area contributed by atoms with Crippen molar-refractivity contribution >= 4 is 23.1 Å². The fraction of sp³-hybridized carbons (Fsp3) is 0.318. The molecule has 1 heterocycles. The van der Waals surface area contributed by atoms with Crippen LogP contribution in [0.2, 0.25) is 0 Å². The Balaban J connectivity index is 1.80. The van der Waals surface area contributed by atoms with E-state index < -0.39 is 17.7 Å². The van der Waals surface area contributed by atoms with Crippen molar-refractivity contribution in [2.24, 2.45) is 11.0 Å². The topological polar surface area (TPSA) is 59.0 Å². The number of methoxy groups -OCH3 is 1. The van der Waals surface area contributed by atoms with E-state index in [4.69, 9.17) is 4.74 Å². The van der Waals surface area contributed by atoms with Crippen molar-refractivity contribution < 1.29 is 23.1 Å². The normalized spacial score (nSPS) is 16.8. The summed E-state index contributed by atoms with van der Waals surface area (Å²) in [6.07, 6.45) is -0.122. The number of ether oxygens (including phenoxy) is 1. The lowest BCUT2D eigenvalue weighted by atomic mass is 9.93. The Bertz CT molecular complexity index is 996. The third-order valence-electron chi connectivity index (χ3n) is 4.89. The lowest BCUT2D eigenvalue weighted by molar-refractivity contribution is -0.128. The number of aryl methyl sites for hydroxylation is 1. The Kier molecular flexibility index (Phi) is 5.50. The Labute approximate surface area is 168 Å². The van der Waals surface area contributed by atoms with Crippen molar-refractivity contribution in [3.8, 4) is 5.75 Å². The van der Waals surface area contributed by atoms with Gasteiger partial charge in [0.1, 0.15) is 11.7 Å². The average molecular weight is 400 g/mol. The van der Waals surface area contributed by atoms with Crippen LogP contribution >= 0.6 is 0 Å². The molecule has 7 heteroatoms. The van der Waals surface area contributed by atoms with E-state index in [1.54, 1.807) is 38.3 Å². The highest BCUT2D eigenvalue weighted by molar-refractivity contribution is 6.27. The molecular formula is C22H22F2N2O3. The third-order valence-corrected chi connectivity index (χ3v) is 4.89. The molecule has 2 aromatic carbocycles. The van der Waals surface area contributed by atoms with Crippen LogP contribution in [-0.2, 0) is 21.9 Å². The summed E-state index contributed by atoms with van der Waals surface area (Å²) in [6, 6.07) is 10.9. The van der Waals surface area contributed by atoms with Gasteiger partial charge < -0.3 is 4.74 Å². The minimum Gasteiger partial charge on any atom is -0.496 e. The van der Waals surface area contributed by atoms with Gasteiger partial charge in [-0.3, -0.25) is 9.59 Å². The van der Waals surface area contributed by atoms with Gasteiger partial charge in [-0.1, -0.05) is 18.2 Å². The van der Waals surface area contributed by atoms with Gasteiger partial charge in [-0.2, -0.15) is 10.1 Å². The number of Topliss-reactive ketones (excluding diaryl/α,β-unsaturated/α-hetero) is 1. The van der Waals surface area contributed by atoms with Gasteiger partial charge in [0.15, 0.2) is 5.78 Å². The monoisotopic (exact) mass is 400 g/mol. The smallest absolute Gasteiger partial charge is 0.270 e. The van der Waals surface area contributed by atoms with Gasteiger partial charge in [0.05, 0.1) is 18.5 Å². The van der Waals surface area contributed by atoms with Gasteiger partial charge in [0, 0.05) is 18.9 Å². The van der Waals surface area contributed by atoms with Crippen LogP contribution < -0.4 is 9.75 Å². The zero-order valence-corrected chi connectivity index (χ0v) is 16.7. The van der Waals surface area contributed by atoms with Crippen LogP contribution in [-0.4, -0.2) is 24.5 Å². The summed E-state index contributed by atoms with van der Waals surface area (Å²) < 4.78 is 32.3. The number of carbonyl (C=O) groups is 2. The SMILES string of the molecule is COc1ccc(N2N=C(C)C(C(=O)Cc3cccc(C(C)(F)F)c3)C2=O)cc1C. The molecule has 0 saturated carbocycles. The standard InChI is InChI=1S/C22H22F2N2O3/c1-13-10-17(8-9-19(13)29-4)26-21(28)20(14(2)25-26)18(27)12-15-6-5-7-16(11-15)22(3,23)24/h5-11,20H,12H2,1-4H3. The van der Waals surface area contributed by atoms with E-state index in [9.17, 15) is 18.4 Å². The van der Waals surface area contributed by atoms with Crippen LogP contribution in [0.4, 0.5) is 14.5 Å². The molecule has 1 aliphatic rings. The Morgan fingerprint density at radius 3 is 2.55 bits per heavy atom. The maximum Gasteiger partial charge on any atom is 0.270 e. The van der Waals surface area contributed by atoms with E-state index in [-0.39, 0.29) is 17.8 Å². The van der Waals surface area contributed by atoms with E-state index in [1.165, 1.54) is 23.2 Å². The number of hydrogen-bond donors (Lipinski definition) is 0. The molecule has 0 bridgehead atoms. The number of hydrazone groups is 1. The van der Waals surface area contributed by atoms with Gasteiger partial charge in [-0.25, -0.2) is 8.78 Å².